The molecular formula is C48H62N14O4. The number of likely N-dealkylation sites (tertiary alicyclic amines) is 2. The molecule has 6 aromatic rings. The molecule has 18 nitrogen and oxygen atoms in total. The molecule has 4 aliphatic heterocycles. The van der Waals surface area contributed by atoms with Crippen LogP contribution >= 0.6 is 0 Å². The number of hydrogen-bond donors (Lipinski definition) is 2. The molecule has 66 heavy (non-hydrogen) atoms. The monoisotopic (exact) mass is 899 g/mol. The zero-order valence-corrected chi connectivity index (χ0v) is 39.4. The summed E-state index contributed by atoms with van der Waals surface area (Å²) in [6.07, 6.45) is 11.1. The maximum Gasteiger partial charge on any atom is 0.229 e. The molecule has 4 unspecified atom stereocenters. The summed E-state index contributed by atoms with van der Waals surface area (Å²) in [7, 11) is 7.64. The molecule has 0 saturated carbocycles. The number of amides is 2. The summed E-state index contributed by atoms with van der Waals surface area (Å²) in [4.78, 5) is 51.2. The van der Waals surface area contributed by atoms with Crippen molar-refractivity contribution in [2.75, 3.05) is 65.1 Å². The minimum atomic E-state index is 0.114. The quantitative estimate of drug-likeness (QED) is 0.173. The summed E-state index contributed by atoms with van der Waals surface area (Å²) in [6, 6.07) is 8.76. The van der Waals surface area contributed by atoms with Crippen LogP contribution in [0.1, 0.15) is 62.8 Å². The van der Waals surface area contributed by atoms with Crippen LogP contribution in [0.2, 0.25) is 0 Å². The van der Waals surface area contributed by atoms with Gasteiger partial charge in [-0.05, 0) is 98.1 Å². The van der Waals surface area contributed by atoms with Crippen molar-refractivity contribution in [2.45, 2.75) is 91.6 Å². The third kappa shape index (κ3) is 9.33. The van der Waals surface area contributed by atoms with Crippen molar-refractivity contribution in [2.24, 2.45) is 11.8 Å². The van der Waals surface area contributed by atoms with Crippen molar-refractivity contribution in [1.82, 2.24) is 59.1 Å². The van der Waals surface area contributed by atoms with E-state index in [4.69, 9.17) is 19.4 Å². The number of benzene rings is 2. The third-order valence-electron chi connectivity index (χ3n) is 13.8. The maximum atomic E-state index is 12.1. The fraction of sp³-hybridized carbons (Fsp3) is 0.500. The van der Waals surface area contributed by atoms with E-state index in [1.165, 1.54) is 22.3 Å². The van der Waals surface area contributed by atoms with Crippen molar-refractivity contribution in [1.29, 1.82) is 0 Å². The smallest absolute Gasteiger partial charge is 0.229 e. The molecular weight excluding hydrogens is 837 g/mol. The Kier molecular flexibility index (Phi) is 12.8. The van der Waals surface area contributed by atoms with Gasteiger partial charge in [0.15, 0.2) is 11.3 Å². The number of aromatic nitrogens is 8. The Morgan fingerprint density at radius 2 is 1.20 bits per heavy atom. The minimum absolute atomic E-state index is 0.114. The predicted octanol–water partition coefficient (Wildman–Crippen LogP) is 5.65. The Morgan fingerprint density at radius 3 is 1.70 bits per heavy atom. The van der Waals surface area contributed by atoms with Crippen molar-refractivity contribution in [3.05, 3.63) is 71.3 Å². The molecule has 4 aliphatic rings. The number of rotatable bonds is 10. The first-order valence-electron chi connectivity index (χ1n) is 23.1. The number of hydrogen-bond acceptors (Lipinski definition) is 14. The third-order valence-corrected chi connectivity index (χ3v) is 13.8. The molecule has 2 saturated heterocycles. The van der Waals surface area contributed by atoms with E-state index in [2.05, 4.69) is 92.8 Å². The van der Waals surface area contributed by atoms with Crippen LogP contribution in [-0.4, -0.2) is 137 Å². The normalized spacial score (nSPS) is 20.8. The van der Waals surface area contributed by atoms with Gasteiger partial charge in [0.25, 0.3) is 0 Å². The summed E-state index contributed by atoms with van der Waals surface area (Å²) >= 11 is 0. The lowest BCUT2D eigenvalue weighted by atomic mass is 9.99. The molecule has 2 fully saturated rings. The van der Waals surface area contributed by atoms with Gasteiger partial charge in [0, 0.05) is 65.5 Å². The second-order valence-corrected chi connectivity index (χ2v) is 18.7. The Labute approximate surface area is 385 Å². The first-order chi connectivity index (χ1) is 31.8. The number of carbonyl (C=O) groups excluding carboxylic acids is 2. The number of methoxy groups -OCH3 is 2. The van der Waals surface area contributed by atoms with Gasteiger partial charge in [-0.2, -0.15) is 20.2 Å². The van der Waals surface area contributed by atoms with Crippen molar-refractivity contribution in [3.63, 3.8) is 0 Å². The molecule has 18 heteroatoms. The van der Waals surface area contributed by atoms with Gasteiger partial charge < -0.3 is 39.7 Å². The highest BCUT2D eigenvalue weighted by molar-refractivity contribution is 5.78. The Bertz CT molecular complexity index is 2740. The molecule has 2 N–H and O–H groups in total. The van der Waals surface area contributed by atoms with E-state index in [1.54, 1.807) is 52.9 Å². The molecule has 10 rings (SSSR count). The minimum Gasteiger partial charge on any atom is -0.495 e. The van der Waals surface area contributed by atoms with Crippen LogP contribution in [0.3, 0.4) is 0 Å². The summed E-state index contributed by atoms with van der Waals surface area (Å²) in [5.74, 6) is 3.70. The van der Waals surface area contributed by atoms with Gasteiger partial charge >= 0.3 is 0 Å². The van der Waals surface area contributed by atoms with E-state index in [0.29, 0.717) is 36.8 Å². The topological polar surface area (TPSA) is 177 Å². The van der Waals surface area contributed by atoms with E-state index in [0.717, 1.165) is 110 Å². The molecule has 0 radical (unpaired) electrons. The number of nitrogens with zero attached hydrogens (tertiary/aromatic N) is 12. The van der Waals surface area contributed by atoms with Crippen LogP contribution in [0.5, 0.6) is 11.5 Å². The highest BCUT2D eigenvalue weighted by Crippen LogP contribution is 2.35. The summed E-state index contributed by atoms with van der Waals surface area (Å²) in [5, 5.41) is 17.6. The molecule has 0 aliphatic carbocycles. The standard InChI is InChI=1S/2C24H31N7O2/c1-15-5-8-30(16(2)32)21(15)14-31-23-19(12-26-31)11-25-24(28-23)27-20-9-18-13-29(3)7-6-17(18)10-22(20)33-4;1-15-7-20(30(12-15)16(2)32)14-31-23-19(11-26-31)10-25-24(28-23)27-21-8-18-13-29(3)6-5-17(18)9-22(21)33-4/h9-12,15,21H,5-8,13-14H2,1-4H3,(H,25,27,28);8-11,15,20H,5-7,12-14H2,1-4H3,(H,25,27,28). The van der Waals surface area contributed by atoms with Crippen LogP contribution in [0.25, 0.3) is 22.1 Å². The summed E-state index contributed by atoms with van der Waals surface area (Å²) in [6.45, 7) is 14.4. The number of ether oxygens (including phenoxy) is 2. The second-order valence-electron chi connectivity index (χ2n) is 18.7. The molecule has 2 amide bonds. The number of anilines is 4. The second kappa shape index (κ2) is 18.8. The molecule has 2 aromatic carbocycles. The first-order valence-corrected chi connectivity index (χ1v) is 23.1. The van der Waals surface area contributed by atoms with Gasteiger partial charge in [-0.3, -0.25) is 9.59 Å². The van der Waals surface area contributed by atoms with E-state index < -0.39 is 0 Å². The number of fused-ring (bicyclic) bond motifs is 4. The largest absolute Gasteiger partial charge is 0.495 e. The van der Waals surface area contributed by atoms with E-state index in [1.807, 2.05) is 19.2 Å². The number of likely N-dealkylation sites (N-methyl/N-ethyl adjacent to an activating group) is 2. The van der Waals surface area contributed by atoms with Crippen molar-refractivity contribution >= 4 is 57.2 Å². The van der Waals surface area contributed by atoms with E-state index in [-0.39, 0.29) is 23.9 Å². The number of carbonyl (C=O) groups is 2. The molecule has 4 atom stereocenters. The SMILES string of the molecule is COc1cc2c(cc1Nc1ncc3cnn(CC4C(C)CCN4C(C)=O)c3n1)CN(C)CC2.COc1cc2c(cc1Nc1ncc3cnn(CC4CC(C)CN4C(C)=O)c3n1)CN(C)CC2. The van der Waals surface area contributed by atoms with Crippen LogP contribution in [0.4, 0.5) is 23.3 Å². The van der Waals surface area contributed by atoms with Gasteiger partial charge in [0.1, 0.15) is 11.5 Å². The van der Waals surface area contributed by atoms with Crippen LogP contribution in [0, 0.1) is 11.8 Å². The summed E-state index contributed by atoms with van der Waals surface area (Å²) < 4.78 is 15.1. The van der Waals surface area contributed by atoms with Gasteiger partial charge in [-0.15, -0.1) is 0 Å². The Morgan fingerprint density at radius 1 is 0.682 bits per heavy atom. The lowest BCUT2D eigenvalue weighted by molar-refractivity contribution is -0.130. The van der Waals surface area contributed by atoms with E-state index >= 15 is 0 Å². The average molecular weight is 899 g/mol. The molecule has 0 bridgehead atoms. The zero-order chi connectivity index (χ0) is 46.2. The Hall–Kier alpha value is -6.40. The highest BCUT2D eigenvalue weighted by Gasteiger charge is 2.34. The van der Waals surface area contributed by atoms with Gasteiger partial charge in [0.2, 0.25) is 23.7 Å². The van der Waals surface area contributed by atoms with E-state index in [9.17, 15) is 9.59 Å². The molecule has 4 aromatic heterocycles. The van der Waals surface area contributed by atoms with Gasteiger partial charge in [-0.25, -0.2) is 19.3 Å². The van der Waals surface area contributed by atoms with Crippen molar-refractivity contribution < 1.29 is 19.1 Å². The fourth-order valence-corrected chi connectivity index (χ4v) is 10.1. The maximum absolute atomic E-state index is 12.1. The van der Waals surface area contributed by atoms with Crippen LogP contribution in [0.15, 0.2) is 49.1 Å². The molecule has 8 heterocycles. The van der Waals surface area contributed by atoms with Crippen molar-refractivity contribution in [3.8, 4) is 11.5 Å². The van der Waals surface area contributed by atoms with Gasteiger partial charge in [-0.1, -0.05) is 13.8 Å². The Balaban J connectivity index is 0.000000166. The lowest BCUT2D eigenvalue weighted by Crippen LogP contribution is -2.39. The van der Waals surface area contributed by atoms with Crippen LogP contribution < -0.4 is 20.1 Å². The summed E-state index contributed by atoms with van der Waals surface area (Å²) in [5.41, 5.74) is 8.44. The first kappa shape index (κ1) is 44.8. The number of nitrogens with one attached hydrogen (secondary N) is 2. The predicted molar refractivity (Wildman–Crippen MR) is 253 cm³/mol. The molecule has 0 spiro atoms. The van der Waals surface area contributed by atoms with Crippen LogP contribution in [-0.2, 0) is 48.6 Å². The fourth-order valence-electron chi connectivity index (χ4n) is 10.1. The molecule has 348 valence electrons. The zero-order valence-electron chi connectivity index (χ0n) is 39.4. The highest BCUT2D eigenvalue weighted by atomic mass is 16.5. The average Bonchev–Trinajstić information content (AvgIpc) is 4.09. The van der Waals surface area contributed by atoms with Gasteiger partial charge in [0.05, 0.1) is 73.9 Å². The lowest BCUT2D eigenvalue weighted by Gasteiger charge is -2.26.